The second-order valence-electron chi connectivity index (χ2n) is 5.33. The summed E-state index contributed by atoms with van der Waals surface area (Å²) in [7, 11) is 0. The predicted molar refractivity (Wildman–Crippen MR) is 78.1 cm³/mol. The van der Waals surface area contributed by atoms with Crippen molar-refractivity contribution in [1.82, 2.24) is 4.98 Å². The Labute approximate surface area is 113 Å². The van der Waals surface area contributed by atoms with Crippen molar-refractivity contribution in [1.29, 1.82) is 0 Å². The number of aryl methyl sites for hydroxylation is 1. The summed E-state index contributed by atoms with van der Waals surface area (Å²) in [6.07, 6.45) is 3.04. The summed E-state index contributed by atoms with van der Waals surface area (Å²) >= 11 is 0. The lowest BCUT2D eigenvalue weighted by atomic mass is 10.1. The zero-order valence-electron chi connectivity index (χ0n) is 11.1. The molecule has 1 aliphatic rings. The quantitative estimate of drug-likeness (QED) is 0.881. The first-order valence-corrected chi connectivity index (χ1v) is 6.73. The standard InChI is InChI=1S/C16H19N3/c1-11-3-2-4-12(7-11)9-18-16-6-5-13(10-19-16)14-8-15(14)17/h2-7,10,14-15H,8-9,17H2,1H3,(H,18,19)/t14-,15+/m1/s1. The highest BCUT2D eigenvalue weighted by molar-refractivity contribution is 5.39. The maximum atomic E-state index is 5.84. The minimum Gasteiger partial charge on any atom is -0.366 e. The van der Waals surface area contributed by atoms with Gasteiger partial charge in [-0.2, -0.15) is 0 Å². The van der Waals surface area contributed by atoms with Crippen LogP contribution < -0.4 is 11.1 Å². The number of hydrogen-bond donors (Lipinski definition) is 2. The minimum absolute atomic E-state index is 0.341. The number of nitrogens with one attached hydrogen (secondary N) is 1. The van der Waals surface area contributed by atoms with Gasteiger partial charge >= 0.3 is 0 Å². The SMILES string of the molecule is Cc1cccc(CNc2ccc([C@H]3C[C@@H]3N)cn2)c1. The molecule has 3 heteroatoms. The van der Waals surface area contributed by atoms with E-state index in [4.69, 9.17) is 5.73 Å². The van der Waals surface area contributed by atoms with Crippen LogP contribution in [0.15, 0.2) is 42.6 Å². The van der Waals surface area contributed by atoms with Crippen LogP contribution in [0.25, 0.3) is 0 Å². The highest BCUT2D eigenvalue weighted by Gasteiger charge is 2.34. The highest BCUT2D eigenvalue weighted by Crippen LogP contribution is 2.38. The topological polar surface area (TPSA) is 50.9 Å². The molecule has 1 heterocycles. The lowest BCUT2D eigenvalue weighted by molar-refractivity contribution is 0.978. The molecule has 1 aromatic heterocycles. The first-order valence-electron chi connectivity index (χ1n) is 6.73. The smallest absolute Gasteiger partial charge is 0.126 e. The van der Waals surface area contributed by atoms with Crippen molar-refractivity contribution in [2.24, 2.45) is 5.73 Å². The Morgan fingerprint density at radius 1 is 1.32 bits per heavy atom. The van der Waals surface area contributed by atoms with Crippen molar-refractivity contribution in [3.63, 3.8) is 0 Å². The lowest BCUT2D eigenvalue weighted by Gasteiger charge is -2.07. The van der Waals surface area contributed by atoms with Crippen LogP contribution in [0.3, 0.4) is 0 Å². The average Bonchev–Trinajstić information content (AvgIpc) is 3.14. The van der Waals surface area contributed by atoms with Gasteiger partial charge < -0.3 is 11.1 Å². The molecule has 2 aromatic rings. The van der Waals surface area contributed by atoms with E-state index in [0.29, 0.717) is 12.0 Å². The summed E-state index contributed by atoms with van der Waals surface area (Å²) in [5, 5.41) is 3.34. The maximum absolute atomic E-state index is 5.84. The lowest BCUT2D eigenvalue weighted by Crippen LogP contribution is -2.03. The molecule has 1 aromatic carbocycles. The Hall–Kier alpha value is -1.87. The van der Waals surface area contributed by atoms with E-state index in [1.165, 1.54) is 16.7 Å². The van der Waals surface area contributed by atoms with Crippen LogP contribution in [-0.2, 0) is 6.54 Å². The van der Waals surface area contributed by atoms with E-state index < -0.39 is 0 Å². The zero-order valence-corrected chi connectivity index (χ0v) is 11.1. The Bertz CT molecular complexity index is 562. The van der Waals surface area contributed by atoms with E-state index in [-0.39, 0.29) is 0 Å². The van der Waals surface area contributed by atoms with Crippen LogP contribution >= 0.6 is 0 Å². The van der Waals surface area contributed by atoms with E-state index in [9.17, 15) is 0 Å². The number of hydrogen-bond acceptors (Lipinski definition) is 3. The first-order chi connectivity index (χ1) is 9.22. The molecule has 0 saturated heterocycles. The van der Waals surface area contributed by atoms with Crippen molar-refractivity contribution in [3.05, 3.63) is 59.3 Å². The number of rotatable bonds is 4. The predicted octanol–water partition coefficient (Wildman–Crippen LogP) is 2.82. The molecule has 1 fully saturated rings. The number of nitrogens with two attached hydrogens (primary N) is 1. The largest absolute Gasteiger partial charge is 0.366 e. The summed E-state index contributed by atoms with van der Waals surface area (Å²) < 4.78 is 0. The molecule has 19 heavy (non-hydrogen) atoms. The summed E-state index contributed by atoms with van der Waals surface area (Å²) in [5.74, 6) is 1.44. The fourth-order valence-corrected chi connectivity index (χ4v) is 2.34. The molecule has 0 bridgehead atoms. The summed E-state index contributed by atoms with van der Waals surface area (Å²) in [5.41, 5.74) is 9.66. The number of nitrogens with zero attached hydrogens (tertiary/aromatic N) is 1. The van der Waals surface area contributed by atoms with Crippen molar-refractivity contribution >= 4 is 5.82 Å². The normalized spacial score (nSPS) is 21.2. The van der Waals surface area contributed by atoms with E-state index in [0.717, 1.165) is 18.8 Å². The number of benzene rings is 1. The highest BCUT2D eigenvalue weighted by atomic mass is 15.0. The molecule has 1 saturated carbocycles. The number of aromatic nitrogens is 1. The average molecular weight is 253 g/mol. The summed E-state index contributed by atoms with van der Waals surface area (Å²) in [6.45, 7) is 2.91. The molecule has 3 N–H and O–H groups in total. The second-order valence-corrected chi connectivity index (χ2v) is 5.33. The van der Waals surface area contributed by atoms with Gasteiger partial charge in [-0.15, -0.1) is 0 Å². The van der Waals surface area contributed by atoms with Gasteiger partial charge in [0.2, 0.25) is 0 Å². The Balaban J connectivity index is 1.61. The maximum Gasteiger partial charge on any atom is 0.126 e. The van der Waals surface area contributed by atoms with Crippen molar-refractivity contribution in [2.45, 2.75) is 31.8 Å². The van der Waals surface area contributed by atoms with Gasteiger partial charge in [0.1, 0.15) is 5.82 Å². The first kappa shape index (κ1) is 12.2. The second kappa shape index (κ2) is 5.02. The fourth-order valence-electron chi connectivity index (χ4n) is 2.34. The van der Waals surface area contributed by atoms with Gasteiger partial charge in [0.05, 0.1) is 0 Å². The molecule has 0 amide bonds. The summed E-state index contributed by atoms with van der Waals surface area (Å²) in [4.78, 5) is 4.45. The van der Waals surface area contributed by atoms with E-state index in [2.05, 4.69) is 47.6 Å². The van der Waals surface area contributed by atoms with E-state index >= 15 is 0 Å². The molecule has 98 valence electrons. The molecule has 1 aliphatic carbocycles. The monoisotopic (exact) mass is 253 g/mol. The van der Waals surface area contributed by atoms with Gasteiger partial charge in [-0.3, -0.25) is 0 Å². The number of pyridine rings is 1. The molecule has 0 spiro atoms. The molecular weight excluding hydrogens is 234 g/mol. The third-order valence-electron chi connectivity index (χ3n) is 3.61. The fraction of sp³-hybridized carbons (Fsp3) is 0.312. The molecule has 0 aliphatic heterocycles. The van der Waals surface area contributed by atoms with Crippen molar-refractivity contribution in [3.8, 4) is 0 Å². The summed E-state index contributed by atoms with van der Waals surface area (Å²) in [6, 6.07) is 13.0. The number of anilines is 1. The van der Waals surface area contributed by atoms with Gasteiger partial charge in [0.25, 0.3) is 0 Å². The van der Waals surface area contributed by atoms with Crippen LogP contribution in [0.4, 0.5) is 5.82 Å². The van der Waals surface area contributed by atoms with E-state index in [1.807, 2.05) is 12.3 Å². The molecule has 3 nitrogen and oxygen atoms in total. The molecule has 2 atom stereocenters. The Kier molecular flexibility index (Phi) is 3.22. The van der Waals surface area contributed by atoms with Crippen molar-refractivity contribution < 1.29 is 0 Å². The van der Waals surface area contributed by atoms with Gasteiger partial charge in [-0.05, 0) is 30.5 Å². The van der Waals surface area contributed by atoms with Crippen LogP contribution in [0.2, 0.25) is 0 Å². The van der Waals surface area contributed by atoms with Gasteiger partial charge in [-0.1, -0.05) is 35.9 Å². The molecule has 3 rings (SSSR count). The van der Waals surface area contributed by atoms with E-state index in [1.54, 1.807) is 0 Å². The minimum atomic E-state index is 0.341. The van der Waals surface area contributed by atoms with Gasteiger partial charge in [-0.25, -0.2) is 4.98 Å². The third-order valence-corrected chi connectivity index (χ3v) is 3.61. The zero-order chi connectivity index (χ0) is 13.2. The molecule has 0 radical (unpaired) electrons. The van der Waals surface area contributed by atoms with Gasteiger partial charge in [0, 0.05) is 24.7 Å². The Morgan fingerprint density at radius 3 is 2.79 bits per heavy atom. The Morgan fingerprint density at radius 2 is 2.16 bits per heavy atom. The third kappa shape index (κ3) is 2.93. The molecule has 0 unspecified atom stereocenters. The molecular formula is C16H19N3. The van der Waals surface area contributed by atoms with Crippen LogP contribution in [0.5, 0.6) is 0 Å². The van der Waals surface area contributed by atoms with Crippen LogP contribution in [-0.4, -0.2) is 11.0 Å². The van der Waals surface area contributed by atoms with Crippen LogP contribution in [0.1, 0.15) is 29.0 Å². The van der Waals surface area contributed by atoms with Crippen LogP contribution in [0, 0.1) is 6.92 Å². The van der Waals surface area contributed by atoms with Crippen molar-refractivity contribution in [2.75, 3.05) is 5.32 Å². The van der Waals surface area contributed by atoms with Gasteiger partial charge in [0.15, 0.2) is 0 Å².